The molecule has 3 aliphatic rings. The van der Waals surface area contributed by atoms with E-state index in [9.17, 15) is 0 Å². The van der Waals surface area contributed by atoms with Crippen LogP contribution in [0.15, 0.2) is 28.2 Å². The smallest absolute Gasteiger partial charge is 0.220 e. The predicted octanol–water partition coefficient (Wildman–Crippen LogP) is 2.29. The van der Waals surface area contributed by atoms with Crippen molar-refractivity contribution in [1.82, 2.24) is 0 Å². The standard InChI is InChI=1S/C18H25ClN6O/c19-13-4-5-14(24-8-10-26-11-9-24)15(12-13)25-17(21)22-16(20)23-18(25)6-2-1-3-7-18/h4-5,12H,1-3,6-11H2,(H4,20,21,22,23). The molecule has 0 atom stereocenters. The molecule has 1 saturated carbocycles. The quantitative estimate of drug-likeness (QED) is 0.826. The van der Waals surface area contributed by atoms with Crippen molar-refractivity contribution in [2.24, 2.45) is 21.5 Å². The van der Waals surface area contributed by atoms with Gasteiger partial charge in [0, 0.05) is 18.1 Å². The van der Waals surface area contributed by atoms with E-state index >= 15 is 0 Å². The molecule has 0 unspecified atom stereocenters. The van der Waals surface area contributed by atoms with Crippen molar-refractivity contribution >= 4 is 34.9 Å². The number of rotatable bonds is 2. The second-order valence-electron chi connectivity index (χ2n) is 7.05. The van der Waals surface area contributed by atoms with Crippen LogP contribution in [-0.2, 0) is 4.74 Å². The number of guanidine groups is 2. The highest BCUT2D eigenvalue weighted by Crippen LogP contribution is 2.43. The van der Waals surface area contributed by atoms with Gasteiger partial charge in [0.1, 0.15) is 5.66 Å². The van der Waals surface area contributed by atoms with E-state index in [-0.39, 0.29) is 5.96 Å². The van der Waals surface area contributed by atoms with E-state index in [1.54, 1.807) is 0 Å². The molecule has 0 bridgehead atoms. The van der Waals surface area contributed by atoms with Crippen LogP contribution in [0.4, 0.5) is 11.4 Å². The number of ether oxygens (including phenoxy) is 1. The molecule has 2 heterocycles. The fraction of sp³-hybridized carbons (Fsp3) is 0.556. The van der Waals surface area contributed by atoms with E-state index in [0.29, 0.717) is 24.2 Å². The zero-order valence-corrected chi connectivity index (χ0v) is 15.6. The van der Waals surface area contributed by atoms with Crippen LogP contribution >= 0.6 is 11.6 Å². The molecule has 1 aliphatic carbocycles. The molecule has 7 nitrogen and oxygen atoms in total. The van der Waals surface area contributed by atoms with Gasteiger partial charge in [-0.1, -0.05) is 18.0 Å². The summed E-state index contributed by atoms with van der Waals surface area (Å²) in [6.07, 6.45) is 5.19. The lowest BCUT2D eigenvalue weighted by molar-refractivity contribution is 0.122. The fourth-order valence-corrected chi connectivity index (χ4v) is 4.38. The predicted molar refractivity (Wildman–Crippen MR) is 106 cm³/mol. The summed E-state index contributed by atoms with van der Waals surface area (Å²) in [5.41, 5.74) is 13.9. The average Bonchev–Trinajstić information content (AvgIpc) is 2.62. The third-order valence-corrected chi connectivity index (χ3v) is 5.62. The second kappa shape index (κ2) is 6.96. The van der Waals surface area contributed by atoms with Gasteiger partial charge in [-0.2, -0.15) is 4.99 Å². The maximum absolute atomic E-state index is 6.38. The molecule has 26 heavy (non-hydrogen) atoms. The summed E-state index contributed by atoms with van der Waals surface area (Å²) in [5, 5.41) is 0.665. The van der Waals surface area contributed by atoms with Gasteiger partial charge in [0.25, 0.3) is 0 Å². The van der Waals surface area contributed by atoms with Crippen molar-refractivity contribution in [2.45, 2.75) is 37.8 Å². The van der Waals surface area contributed by atoms with Crippen molar-refractivity contribution in [2.75, 3.05) is 36.1 Å². The van der Waals surface area contributed by atoms with Gasteiger partial charge in [-0.3, -0.25) is 4.90 Å². The Bertz CT molecular complexity index is 737. The van der Waals surface area contributed by atoms with Gasteiger partial charge < -0.3 is 21.1 Å². The van der Waals surface area contributed by atoms with Gasteiger partial charge in [0.15, 0.2) is 0 Å². The number of aliphatic imine (C=N–C) groups is 2. The first-order valence-corrected chi connectivity index (χ1v) is 9.59. The average molecular weight is 377 g/mol. The number of halogens is 1. The third kappa shape index (κ3) is 3.10. The summed E-state index contributed by atoms with van der Waals surface area (Å²) < 4.78 is 5.51. The number of morpholine rings is 1. The SMILES string of the molecule is NC1=NC2(CCCCC2)N(c2cc(Cl)ccc2N2CCOCC2)C(N)=N1. The Labute approximate surface area is 158 Å². The lowest BCUT2D eigenvalue weighted by Crippen LogP contribution is -2.58. The zero-order chi connectivity index (χ0) is 18.1. The van der Waals surface area contributed by atoms with E-state index in [1.807, 2.05) is 12.1 Å². The minimum absolute atomic E-state index is 0.260. The van der Waals surface area contributed by atoms with Crippen LogP contribution in [0.3, 0.4) is 0 Å². The van der Waals surface area contributed by atoms with Gasteiger partial charge in [0.2, 0.25) is 11.9 Å². The fourth-order valence-electron chi connectivity index (χ4n) is 4.22. The van der Waals surface area contributed by atoms with Crippen LogP contribution in [0.5, 0.6) is 0 Å². The molecular formula is C18H25ClN6O. The maximum Gasteiger partial charge on any atom is 0.220 e. The number of hydrogen-bond acceptors (Lipinski definition) is 7. The van der Waals surface area contributed by atoms with Gasteiger partial charge in [0.05, 0.1) is 24.6 Å². The monoisotopic (exact) mass is 376 g/mol. The molecule has 1 spiro atoms. The lowest BCUT2D eigenvalue weighted by Gasteiger charge is -2.47. The van der Waals surface area contributed by atoms with Gasteiger partial charge in [-0.15, -0.1) is 0 Å². The number of nitrogens with two attached hydrogens (primary N) is 2. The summed E-state index contributed by atoms with van der Waals surface area (Å²) in [4.78, 5) is 13.4. The maximum atomic E-state index is 6.38. The summed E-state index contributed by atoms with van der Waals surface area (Å²) in [7, 11) is 0. The summed E-state index contributed by atoms with van der Waals surface area (Å²) in [6.45, 7) is 3.08. The van der Waals surface area contributed by atoms with Crippen LogP contribution in [0.2, 0.25) is 5.02 Å². The summed E-state index contributed by atoms with van der Waals surface area (Å²) in [6, 6.07) is 5.93. The van der Waals surface area contributed by atoms with E-state index in [0.717, 1.165) is 50.1 Å². The molecule has 0 aromatic heterocycles. The molecule has 4 N–H and O–H groups in total. The van der Waals surface area contributed by atoms with E-state index in [2.05, 4.69) is 20.9 Å². The van der Waals surface area contributed by atoms with Crippen molar-refractivity contribution in [3.05, 3.63) is 23.2 Å². The normalized spacial score (nSPS) is 23.0. The Kier molecular flexibility index (Phi) is 4.67. The van der Waals surface area contributed by atoms with Crippen LogP contribution < -0.4 is 21.3 Å². The highest BCUT2D eigenvalue weighted by atomic mass is 35.5. The van der Waals surface area contributed by atoms with Crippen LogP contribution in [0.1, 0.15) is 32.1 Å². The Balaban J connectivity index is 1.81. The highest BCUT2D eigenvalue weighted by molar-refractivity contribution is 6.31. The van der Waals surface area contributed by atoms with Gasteiger partial charge >= 0.3 is 0 Å². The molecule has 1 aromatic carbocycles. The van der Waals surface area contributed by atoms with E-state index in [1.165, 1.54) is 6.42 Å². The number of anilines is 2. The van der Waals surface area contributed by atoms with Crippen molar-refractivity contribution in [1.29, 1.82) is 0 Å². The zero-order valence-electron chi connectivity index (χ0n) is 14.8. The van der Waals surface area contributed by atoms with Crippen molar-refractivity contribution in [3.63, 3.8) is 0 Å². The molecule has 1 saturated heterocycles. The Hall–Kier alpha value is -1.99. The van der Waals surface area contributed by atoms with Gasteiger partial charge in [-0.05, 0) is 43.9 Å². The van der Waals surface area contributed by atoms with E-state index < -0.39 is 5.66 Å². The summed E-state index contributed by atoms with van der Waals surface area (Å²) in [5.74, 6) is 0.645. The molecule has 2 fully saturated rings. The van der Waals surface area contributed by atoms with Gasteiger partial charge in [-0.25, -0.2) is 4.99 Å². The van der Waals surface area contributed by atoms with Crippen molar-refractivity contribution < 1.29 is 4.74 Å². The minimum atomic E-state index is -0.472. The Morgan fingerprint density at radius 2 is 1.77 bits per heavy atom. The second-order valence-corrected chi connectivity index (χ2v) is 7.49. The lowest BCUT2D eigenvalue weighted by atomic mass is 9.87. The van der Waals surface area contributed by atoms with Crippen LogP contribution in [0.25, 0.3) is 0 Å². The first-order valence-electron chi connectivity index (χ1n) is 9.21. The molecular weight excluding hydrogens is 352 g/mol. The number of nitrogens with zero attached hydrogens (tertiary/aromatic N) is 4. The Morgan fingerprint density at radius 1 is 1.04 bits per heavy atom. The summed E-state index contributed by atoms with van der Waals surface area (Å²) >= 11 is 6.37. The minimum Gasteiger partial charge on any atom is -0.378 e. The van der Waals surface area contributed by atoms with Crippen LogP contribution in [-0.4, -0.2) is 43.9 Å². The van der Waals surface area contributed by atoms with Crippen LogP contribution in [0, 0.1) is 0 Å². The molecule has 0 amide bonds. The molecule has 2 aliphatic heterocycles. The molecule has 8 heteroatoms. The molecule has 1 aromatic rings. The Morgan fingerprint density at radius 3 is 2.50 bits per heavy atom. The topological polar surface area (TPSA) is 92.5 Å². The molecule has 4 rings (SSSR count). The third-order valence-electron chi connectivity index (χ3n) is 5.38. The number of benzene rings is 1. The first kappa shape index (κ1) is 17.4. The molecule has 0 radical (unpaired) electrons. The number of hydrogen-bond donors (Lipinski definition) is 2. The van der Waals surface area contributed by atoms with E-state index in [4.69, 9.17) is 32.8 Å². The molecule has 140 valence electrons. The van der Waals surface area contributed by atoms with Crippen molar-refractivity contribution in [3.8, 4) is 0 Å². The largest absolute Gasteiger partial charge is 0.378 e. The first-order chi connectivity index (χ1) is 12.6. The highest BCUT2D eigenvalue weighted by Gasteiger charge is 2.43.